The molecule has 0 fully saturated rings. The molecule has 2 amide bonds. The summed E-state index contributed by atoms with van der Waals surface area (Å²) in [6.45, 7) is 11.5. The fourth-order valence-electron chi connectivity index (χ4n) is 2.23. The van der Waals surface area contributed by atoms with Gasteiger partial charge in [-0.15, -0.1) is 0 Å². The molecule has 0 spiro atoms. The van der Waals surface area contributed by atoms with E-state index < -0.39 is 5.41 Å². The van der Waals surface area contributed by atoms with Crippen molar-refractivity contribution in [2.75, 3.05) is 67.8 Å². The second-order valence-corrected chi connectivity index (χ2v) is 7.85. The fourth-order valence-corrected chi connectivity index (χ4v) is 2.23. The molecular formula is C24H47N3O9. The molecule has 0 rings (SSSR count). The summed E-state index contributed by atoms with van der Waals surface area (Å²) in [4.78, 5) is 56.6. The number of nitrogens with zero attached hydrogens (tertiary/aromatic N) is 1. The first kappa shape index (κ1) is 37.8. The van der Waals surface area contributed by atoms with Gasteiger partial charge >= 0.3 is 17.9 Å². The Labute approximate surface area is 215 Å². The number of rotatable bonds is 14. The first-order valence-electron chi connectivity index (χ1n) is 11.9. The normalized spacial score (nSPS) is 10.1. The highest BCUT2D eigenvalue weighted by atomic mass is 16.5. The van der Waals surface area contributed by atoms with Crippen molar-refractivity contribution in [3.8, 4) is 0 Å². The van der Waals surface area contributed by atoms with Crippen molar-refractivity contribution in [2.45, 2.75) is 53.9 Å². The molecule has 0 saturated heterocycles. The molecule has 0 bridgehead atoms. The monoisotopic (exact) mass is 521 g/mol. The molecule has 0 unspecified atom stereocenters. The van der Waals surface area contributed by atoms with Crippen LogP contribution >= 0.6 is 0 Å². The molecule has 0 aromatic carbocycles. The summed E-state index contributed by atoms with van der Waals surface area (Å²) in [5.41, 5.74) is -1.10. The SMILES string of the molecule is CCC(=O)OC.CCC(=O)OCCN(CCCNC(=O)C(C)(C)C(=O)NC)CCOC.COC(C)=O. The van der Waals surface area contributed by atoms with E-state index in [1.807, 2.05) is 0 Å². The number of esters is 3. The summed E-state index contributed by atoms with van der Waals surface area (Å²) in [5, 5.41) is 5.28. The average molecular weight is 522 g/mol. The van der Waals surface area contributed by atoms with Crippen LogP contribution in [-0.4, -0.2) is 102 Å². The van der Waals surface area contributed by atoms with Gasteiger partial charge < -0.3 is 29.6 Å². The van der Waals surface area contributed by atoms with Crippen molar-refractivity contribution in [2.24, 2.45) is 5.41 Å². The van der Waals surface area contributed by atoms with E-state index in [1.165, 1.54) is 28.2 Å². The van der Waals surface area contributed by atoms with Gasteiger partial charge in [0.2, 0.25) is 11.8 Å². The Kier molecular flexibility index (Phi) is 25.2. The second kappa shape index (κ2) is 24.0. The molecule has 0 aliphatic rings. The Hall–Kier alpha value is -2.73. The fraction of sp³-hybridized carbons (Fsp3) is 0.792. The highest BCUT2D eigenvalue weighted by molar-refractivity contribution is 6.04. The standard InChI is InChI=1S/C17H33N3O5.C4H8O2.C3H6O2/c1-6-14(21)25-13-11-20(10-12-24-5)9-7-8-19-16(23)17(2,3)15(22)18-4;1-3-4(5)6-2;1-3(4)5-2/h6-13H2,1-5H3,(H,18,22)(H,19,23);3H2,1-2H3;1-2H3. The predicted molar refractivity (Wildman–Crippen MR) is 135 cm³/mol. The third kappa shape index (κ3) is 21.8. The predicted octanol–water partition coefficient (Wildman–Crippen LogP) is 0.915. The van der Waals surface area contributed by atoms with E-state index in [-0.39, 0.29) is 29.7 Å². The van der Waals surface area contributed by atoms with Crippen molar-refractivity contribution >= 4 is 29.7 Å². The summed E-state index contributed by atoms with van der Waals surface area (Å²) in [6, 6.07) is 0. The molecule has 0 aromatic rings. The van der Waals surface area contributed by atoms with Crippen LogP contribution in [0.1, 0.15) is 53.9 Å². The van der Waals surface area contributed by atoms with Gasteiger partial charge in [-0.05, 0) is 20.3 Å². The van der Waals surface area contributed by atoms with Gasteiger partial charge in [0.1, 0.15) is 12.0 Å². The molecule has 12 heteroatoms. The van der Waals surface area contributed by atoms with E-state index in [0.29, 0.717) is 39.1 Å². The zero-order chi connectivity index (χ0) is 28.6. The molecule has 0 radical (unpaired) electrons. The highest BCUT2D eigenvalue weighted by Crippen LogP contribution is 2.14. The van der Waals surface area contributed by atoms with Crippen molar-refractivity contribution in [3.05, 3.63) is 0 Å². The van der Waals surface area contributed by atoms with Crippen molar-refractivity contribution < 1.29 is 42.9 Å². The Morgan fingerprint density at radius 1 is 0.806 bits per heavy atom. The van der Waals surface area contributed by atoms with Gasteiger partial charge in [0.05, 0.1) is 20.8 Å². The lowest BCUT2D eigenvalue weighted by Gasteiger charge is -2.23. The smallest absolute Gasteiger partial charge is 0.305 e. The molecule has 2 N–H and O–H groups in total. The van der Waals surface area contributed by atoms with Crippen LogP contribution in [0.3, 0.4) is 0 Å². The quantitative estimate of drug-likeness (QED) is 0.146. The lowest BCUT2D eigenvalue weighted by molar-refractivity contribution is -0.144. The number of carbonyl (C=O) groups excluding carboxylic acids is 5. The van der Waals surface area contributed by atoms with E-state index in [9.17, 15) is 24.0 Å². The second-order valence-electron chi connectivity index (χ2n) is 7.85. The minimum Gasteiger partial charge on any atom is -0.469 e. The minimum atomic E-state index is -1.10. The highest BCUT2D eigenvalue weighted by Gasteiger charge is 2.34. The van der Waals surface area contributed by atoms with Crippen molar-refractivity contribution in [3.63, 3.8) is 0 Å². The molecule has 0 aromatic heterocycles. The lowest BCUT2D eigenvalue weighted by Crippen LogP contribution is -2.47. The van der Waals surface area contributed by atoms with Crippen LogP contribution in [0.25, 0.3) is 0 Å². The van der Waals surface area contributed by atoms with Crippen LogP contribution < -0.4 is 10.6 Å². The van der Waals surface area contributed by atoms with Crippen LogP contribution in [0.5, 0.6) is 0 Å². The Balaban J connectivity index is -0.000000818. The molecule has 212 valence electrons. The average Bonchev–Trinajstić information content (AvgIpc) is 2.88. The summed E-state index contributed by atoms with van der Waals surface area (Å²) in [7, 11) is 5.88. The lowest BCUT2D eigenvalue weighted by atomic mass is 9.91. The molecule has 0 atom stereocenters. The number of ether oxygens (including phenoxy) is 4. The Morgan fingerprint density at radius 3 is 1.72 bits per heavy atom. The van der Waals surface area contributed by atoms with E-state index in [2.05, 4.69) is 25.0 Å². The third-order valence-electron chi connectivity index (χ3n) is 4.67. The maximum atomic E-state index is 12.1. The maximum absolute atomic E-state index is 12.1. The van der Waals surface area contributed by atoms with Crippen LogP contribution in [-0.2, 0) is 42.9 Å². The van der Waals surface area contributed by atoms with E-state index in [4.69, 9.17) is 9.47 Å². The van der Waals surface area contributed by atoms with Gasteiger partial charge in [-0.25, -0.2) is 0 Å². The van der Waals surface area contributed by atoms with E-state index in [1.54, 1.807) is 34.8 Å². The van der Waals surface area contributed by atoms with Gasteiger partial charge in [-0.1, -0.05) is 13.8 Å². The van der Waals surface area contributed by atoms with Crippen molar-refractivity contribution in [1.29, 1.82) is 0 Å². The zero-order valence-corrected chi connectivity index (χ0v) is 23.5. The van der Waals surface area contributed by atoms with Crippen LogP contribution in [0.2, 0.25) is 0 Å². The van der Waals surface area contributed by atoms with E-state index >= 15 is 0 Å². The number of hydrogen-bond donors (Lipinski definition) is 2. The molecule has 0 aliphatic carbocycles. The third-order valence-corrected chi connectivity index (χ3v) is 4.67. The van der Waals surface area contributed by atoms with Crippen LogP contribution in [0.4, 0.5) is 0 Å². The summed E-state index contributed by atoms with van der Waals surface area (Å²) >= 11 is 0. The van der Waals surface area contributed by atoms with Crippen molar-refractivity contribution in [1.82, 2.24) is 15.5 Å². The molecule has 0 aliphatic heterocycles. The molecule has 0 heterocycles. The molecule has 0 saturated carbocycles. The van der Waals surface area contributed by atoms with Crippen LogP contribution in [0.15, 0.2) is 0 Å². The molecular weight excluding hydrogens is 474 g/mol. The zero-order valence-electron chi connectivity index (χ0n) is 23.5. The van der Waals surface area contributed by atoms with Gasteiger partial charge in [0.15, 0.2) is 0 Å². The van der Waals surface area contributed by atoms with Gasteiger partial charge in [-0.3, -0.25) is 28.9 Å². The van der Waals surface area contributed by atoms with E-state index in [0.717, 1.165) is 19.5 Å². The largest absolute Gasteiger partial charge is 0.469 e. The number of carbonyl (C=O) groups is 5. The maximum Gasteiger partial charge on any atom is 0.305 e. The van der Waals surface area contributed by atoms with Crippen LogP contribution in [0, 0.1) is 5.41 Å². The molecule has 36 heavy (non-hydrogen) atoms. The van der Waals surface area contributed by atoms with Gasteiger partial charge in [-0.2, -0.15) is 0 Å². The number of amides is 2. The number of nitrogens with one attached hydrogen (secondary N) is 2. The summed E-state index contributed by atoms with van der Waals surface area (Å²) in [6.07, 6.45) is 1.56. The topological polar surface area (TPSA) is 150 Å². The first-order valence-corrected chi connectivity index (χ1v) is 11.9. The number of hydrogen-bond acceptors (Lipinski definition) is 10. The minimum absolute atomic E-state index is 0.157. The van der Waals surface area contributed by atoms with Gasteiger partial charge in [0.25, 0.3) is 0 Å². The summed E-state index contributed by atoms with van der Waals surface area (Å²) < 4.78 is 18.6. The Morgan fingerprint density at radius 2 is 1.33 bits per heavy atom. The summed E-state index contributed by atoms with van der Waals surface area (Å²) in [5.74, 6) is -1.23. The molecule has 12 nitrogen and oxygen atoms in total. The number of methoxy groups -OCH3 is 3. The first-order chi connectivity index (χ1) is 16.9. The Bertz CT molecular complexity index is 634. The van der Waals surface area contributed by atoms with Gasteiger partial charge in [0, 0.05) is 60.1 Å².